The molecule has 0 fully saturated rings. The number of rotatable bonds is 69. The Morgan fingerprint density at radius 2 is 0.587 bits per heavy atom. The van der Waals surface area contributed by atoms with E-state index in [0.29, 0.717) is 17.4 Å². The van der Waals surface area contributed by atoms with E-state index in [1.807, 2.05) is 21.1 Å². The Hall–Kier alpha value is -3.85. The first kappa shape index (κ1) is 88.2. The maximum Gasteiger partial charge on any atom is 0.306 e. The highest BCUT2D eigenvalue weighted by Gasteiger charge is 2.22. The van der Waals surface area contributed by atoms with Crippen LogP contribution in [-0.4, -0.2) is 70.0 Å². The van der Waals surface area contributed by atoms with E-state index in [2.05, 4.69) is 148 Å². The van der Waals surface area contributed by atoms with Crippen molar-refractivity contribution in [1.29, 1.82) is 0 Å². The van der Waals surface area contributed by atoms with Gasteiger partial charge >= 0.3 is 11.9 Å². The third kappa shape index (κ3) is 75.2. The van der Waals surface area contributed by atoms with Crippen LogP contribution in [0.4, 0.5) is 0 Å². The van der Waals surface area contributed by atoms with Crippen molar-refractivity contribution in [3.05, 3.63) is 134 Å². The summed E-state index contributed by atoms with van der Waals surface area (Å²) >= 11 is 0. The first-order valence-electron chi connectivity index (χ1n) is 37.9. The standard InChI is InChI=1S/C82H142NO8P/c1-6-8-10-12-14-16-18-20-22-24-26-28-30-32-34-36-38-40-41-43-44-46-48-50-52-54-56-58-60-62-64-66-68-70-72-74-81(84)88-78-80(79-90-92(86,87)89-77-76-83(3,4)5)91-82(85)75-73-71-69-67-65-63-61-59-57-55-53-51-49-47-45-42-39-37-35-33-31-29-27-25-23-21-19-17-15-13-11-9-7-2/h8-11,14-17,20-23,26-29,33,35,39,42,47,49,80H,6-7,12-13,18-19,24-25,30-32,34,36-38,40-41,43-46,48,50-79H2,1-5H3/b10-8-,11-9-,16-14-,17-15-,22-20-,23-21-,28-26-,29-27-,35-33-,42-39-,49-47-. The number of nitrogens with zero attached hydrogens (tertiary/aromatic N) is 1. The summed E-state index contributed by atoms with van der Waals surface area (Å²) in [5.41, 5.74) is 0. The number of unbranched alkanes of at least 4 members (excludes halogenated alkanes) is 33. The van der Waals surface area contributed by atoms with E-state index in [-0.39, 0.29) is 32.0 Å². The first-order chi connectivity index (χ1) is 45.0. The summed E-state index contributed by atoms with van der Waals surface area (Å²) in [7, 11) is 1.16. The molecule has 0 saturated heterocycles. The van der Waals surface area contributed by atoms with E-state index in [1.54, 1.807) is 0 Å². The van der Waals surface area contributed by atoms with Crippen molar-refractivity contribution in [1.82, 2.24) is 0 Å². The number of hydrogen-bond donors (Lipinski definition) is 0. The van der Waals surface area contributed by atoms with Gasteiger partial charge in [-0.25, -0.2) is 0 Å². The summed E-state index contributed by atoms with van der Waals surface area (Å²) in [4.78, 5) is 38.2. The Balaban J connectivity index is 4.01. The third-order valence-corrected chi connectivity index (χ3v) is 17.1. The maximum absolute atomic E-state index is 12.9. The van der Waals surface area contributed by atoms with Gasteiger partial charge in [-0.15, -0.1) is 0 Å². The van der Waals surface area contributed by atoms with E-state index >= 15 is 0 Å². The Morgan fingerprint density at radius 1 is 0.337 bits per heavy atom. The topological polar surface area (TPSA) is 111 Å². The lowest BCUT2D eigenvalue weighted by Crippen LogP contribution is -2.37. The molecule has 0 saturated carbocycles. The molecule has 0 heterocycles. The highest BCUT2D eigenvalue weighted by Crippen LogP contribution is 2.38. The SMILES string of the molecule is CC/C=C\C/C=C\C/C=C\C/C=C\C/C=C\C/C=C\C/C=C\CCCCCCCCCCCCCC(=O)OC(COC(=O)CCCCCCCCCCCCCCCCCCCCCCCC/C=C\C/C=C\C/C=C\C/C=C\CC)COP(=O)([O-])OCC[N+](C)(C)C. The zero-order valence-electron chi connectivity index (χ0n) is 60.2. The normalized spacial score (nSPS) is 13.8. The number of allylic oxidation sites excluding steroid dienone is 22. The fourth-order valence-corrected chi connectivity index (χ4v) is 11.2. The number of hydrogen-bond acceptors (Lipinski definition) is 8. The van der Waals surface area contributed by atoms with Gasteiger partial charge in [0, 0.05) is 12.8 Å². The van der Waals surface area contributed by atoms with E-state index in [4.69, 9.17) is 18.5 Å². The molecule has 528 valence electrons. The second-order valence-corrected chi connectivity index (χ2v) is 27.7. The van der Waals surface area contributed by atoms with Gasteiger partial charge in [-0.3, -0.25) is 14.2 Å². The van der Waals surface area contributed by atoms with Gasteiger partial charge in [-0.1, -0.05) is 334 Å². The average Bonchev–Trinajstić information content (AvgIpc) is 2.23. The number of carbonyl (C=O) groups excluding carboxylic acids is 2. The molecule has 0 bridgehead atoms. The number of likely N-dealkylation sites (N-methyl/N-ethyl adjacent to an activating group) is 1. The van der Waals surface area contributed by atoms with Gasteiger partial charge in [0.05, 0.1) is 27.7 Å². The minimum Gasteiger partial charge on any atom is -0.756 e. The summed E-state index contributed by atoms with van der Waals surface area (Å²) in [6.45, 7) is 4.04. The molecule has 10 heteroatoms. The molecule has 0 rings (SSSR count). The molecule has 0 spiro atoms. The Labute approximate surface area is 568 Å². The summed E-state index contributed by atoms with van der Waals surface area (Å²) in [5, 5.41) is 0. The van der Waals surface area contributed by atoms with Crippen molar-refractivity contribution >= 4 is 19.8 Å². The van der Waals surface area contributed by atoms with Crippen LogP contribution in [0.1, 0.15) is 322 Å². The molecule has 2 atom stereocenters. The molecule has 0 aliphatic rings. The van der Waals surface area contributed by atoms with Gasteiger partial charge in [0.25, 0.3) is 7.82 Å². The number of ether oxygens (including phenoxy) is 2. The van der Waals surface area contributed by atoms with E-state index in [1.165, 1.54) is 173 Å². The van der Waals surface area contributed by atoms with E-state index < -0.39 is 26.5 Å². The first-order valence-corrected chi connectivity index (χ1v) is 39.4. The number of phosphoric ester groups is 1. The Morgan fingerprint density at radius 3 is 0.870 bits per heavy atom. The van der Waals surface area contributed by atoms with Crippen molar-refractivity contribution in [3.63, 3.8) is 0 Å². The van der Waals surface area contributed by atoms with Crippen molar-refractivity contribution < 1.29 is 42.1 Å². The van der Waals surface area contributed by atoms with E-state index in [9.17, 15) is 19.0 Å². The third-order valence-electron chi connectivity index (χ3n) is 16.2. The van der Waals surface area contributed by atoms with Gasteiger partial charge in [0.2, 0.25) is 0 Å². The predicted molar refractivity (Wildman–Crippen MR) is 397 cm³/mol. The van der Waals surface area contributed by atoms with Crippen LogP contribution in [0, 0.1) is 0 Å². The van der Waals surface area contributed by atoms with Crippen molar-refractivity contribution in [2.24, 2.45) is 0 Å². The predicted octanol–water partition coefficient (Wildman–Crippen LogP) is 24.5. The molecule has 0 N–H and O–H groups in total. The molecule has 0 amide bonds. The van der Waals surface area contributed by atoms with Gasteiger partial charge in [-0.05, 0) is 109 Å². The minimum absolute atomic E-state index is 0.0352. The molecular weight excluding hydrogens is 1160 g/mol. The Bertz CT molecular complexity index is 2020. The quantitative estimate of drug-likeness (QED) is 0.0195. The molecule has 2 unspecified atom stereocenters. The molecule has 9 nitrogen and oxygen atoms in total. The van der Waals surface area contributed by atoms with E-state index in [0.717, 1.165) is 116 Å². The van der Waals surface area contributed by atoms with Gasteiger partial charge < -0.3 is 27.9 Å². The van der Waals surface area contributed by atoms with Crippen LogP contribution in [0.15, 0.2) is 134 Å². The number of carbonyl (C=O) groups is 2. The average molecular weight is 1300 g/mol. The fourth-order valence-electron chi connectivity index (χ4n) is 10.5. The van der Waals surface area contributed by atoms with Crippen LogP contribution in [0.3, 0.4) is 0 Å². The maximum atomic E-state index is 12.9. The molecule has 0 aromatic rings. The zero-order valence-corrected chi connectivity index (χ0v) is 61.1. The Kier molecular flexibility index (Phi) is 68.5. The molecule has 0 aromatic carbocycles. The van der Waals surface area contributed by atoms with Gasteiger partial charge in [-0.2, -0.15) is 0 Å². The number of phosphoric acid groups is 1. The second kappa shape index (κ2) is 71.4. The number of quaternary nitrogens is 1. The summed E-state index contributed by atoms with van der Waals surface area (Å²) in [5.74, 6) is -0.830. The molecule has 0 radical (unpaired) electrons. The van der Waals surface area contributed by atoms with Crippen molar-refractivity contribution in [2.45, 2.75) is 328 Å². The molecule has 0 aliphatic carbocycles. The lowest BCUT2D eigenvalue weighted by Gasteiger charge is -2.28. The smallest absolute Gasteiger partial charge is 0.306 e. The molecule has 0 aromatic heterocycles. The number of esters is 2. The summed E-state index contributed by atoms with van der Waals surface area (Å²) < 4.78 is 34.4. The van der Waals surface area contributed by atoms with Crippen molar-refractivity contribution in [2.75, 3.05) is 47.5 Å². The van der Waals surface area contributed by atoms with Crippen LogP contribution in [0.25, 0.3) is 0 Å². The molecule has 92 heavy (non-hydrogen) atoms. The summed E-state index contributed by atoms with van der Waals surface area (Å²) in [6.07, 6.45) is 104. The molecule has 0 aliphatic heterocycles. The van der Waals surface area contributed by atoms with Crippen molar-refractivity contribution in [3.8, 4) is 0 Å². The highest BCUT2D eigenvalue weighted by molar-refractivity contribution is 7.45. The largest absolute Gasteiger partial charge is 0.756 e. The lowest BCUT2D eigenvalue weighted by atomic mass is 10.0. The molecular formula is C82H142NO8P. The van der Waals surface area contributed by atoms with Crippen LogP contribution >= 0.6 is 7.82 Å². The second-order valence-electron chi connectivity index (χ2n) is 26.3. The minimum atomic E-state index is -4.65. The van der Waals surface area contributed by atoms with Gasteiger partial charge in [0.15, 0.2) is 6.10 Å². The summed E-state index contributed by atoms with van der Waals surface area (Å²) in [6, 6.07) is 0. The van der Waals surface area contributed by atoms with Gasteiger partial charge in [0.1, 0.15) is 19.8 Å². The van der Waals surface area contributed by atoms with Crippen LogP contribution in [-0.2, 0) is 32.7 Å². The lowest BCUT2D eigenvalue weighted by molar-refractivity contribution is -0.870. The highest BCUT2D eigenvalue weighted by atomic mass is 31.2. The van der Waals surface area contributed by atoms with Crippen LogP contribution < -0.4 is 4.89 Å². The monoisotopic (exact) mass is 1300 g/mol. The van der Waals surface area contributed by atoms with Crippen LogP contribution in [0.5, 0.6) is 0 Å². The fraction of sp³-hybridized carbons (Fsp3) is 0.707. The zero-order chi connectivity index (χ0) is 66.9. The van der Waals surface area contributed by atoms with Crippen LogP contribution in [0.2, 0.25) is 0 Å².